The van der Waals surface area contributed by atoms with Gasteiger partial charge in [-0.1, -0.05) is 6.92 Å². The average Bonchev–Trinajstić information content (AvgIpc) is 2.63. The lowest BCUT2D eigenvalue weighted by Gasteiger charge is -2.42. The van der Waals surface area contributed by atoms with E-state index in [0.717, 1.165) is 52.0 Å². The molecule has 3 fully saturated rings. The molecule has 5 nitrogen and oxygen atoms in total. The van der Waals surface area contributed by atoms with Gasteiger partial charge in [0.25, 0.3) is 0 Å². The van der Waals surface area contributed by atoms with Crippen LogP contribution in [0, 0.1) is 5.92 Å². The number of nitrogens with zero attached hydrogens (tertiary/aromatic N) is 3. The van der Waals surface area contributed by atoms with Gasteiger partial charge >= 0.3 is 0 Å². The number of carbonyl (C=O) groups is 1. The summed E-state index contributed by atoms with van der Waals surface area (Å²) in [5, 5.41) is 0. The van der Waals surface area contributed by atoms with Crippen LogP contribution in [0.4, 0.5) is 0 Å². The van der Waals surface area contributed by atoms with E-state index >= 15 is 0 Å². The van der Waals surface area contributed by atoms with E-state index in [2.05, 4.69) is 21.6 Å². The molecule has 3 aliphatic heterocycles. The fraction of sp³-hybridized carbons (Fsp3) is 0.944. The summed E-state index contributed by atoms with van der Waals surface area (Å²) in [7, 11) is 0. The van der Waals surface area contributed by atoms with E-state index in [-0.39, 0.29) is 0 Å². The molecule has 0 radical (unpaired) electrons. The molecule has 1 amide bonds. The standard InChI is InChI=1S/C18H33N3O2/c1-2-19-9-11-20(12-10-19)17-5-7-21(8-6-17)18(22)14-16-4-3-13-23-15-16/h16-17H,2-15H2,1H3/t16-/m0/s1. The molecule has 0 aromatic rings. The van der Waals surface area contributed by atoms with Crippen molar-refractivity contribution in [3.05, 3.63) is 0 Å². The number of piperazine rings is 1. The first kappa shape index (κ1) is 17.2. The highest BCUT2D eigenvalue weighted by Gasteiger charge is 2.29. The fourth-order valence-electron chi connectivity index (χ4n) is 4.27. The Kier molecular flexibility index (Phi) is 6.31. The summed E-state index contributed by atoms with van der Waals surface area (Å²) < 4.78 is 5.50. The molecule has 0 N–H and O–H groups in total. The summed E-state index contributed by atoms with van der Waals surface area (Å²) in [5.74, 6) is 0.811. The second-order valence-electron chi connectivity index (χ2n) is 7.37. The number of likely N-dealkylation sites (N-methyl/N-ethyl adjacent to an activating group) is 1. The molecule has 0 unspecified atom stereocenters. The number of hydrogen-bond donors (Lipinski definition) is 0. The van der Waals surface area contributed by atoms with Crippen molar-refractivity contribution >= 4 is 5.91 Å². The van der Waals surface area contributed by atoms with Gasteiger partial charge in [-0.05, 0) is 38.1 Å². The zero-order chi connectivity index (χ0) is 16.1. The molecule has 0 aromatic heterocycles. The Bertz CT molecular complexity index is 368. The van der Waals surface area contributed by atoms with Crippen molar-refractivity contribution < 1.29 is 9.53 Å². The Balaban J connectivity index is 1.38. The zero-order valence-corrected chi connectivity index (χ0v) is 14.7. The van der Waals surface area contributed by atoms with Gasteiger partial charge < -0.3 is 14.5 Å². The molecule has 3 aliphatic rings. The molecular weight excluding hydrogens is 290 g/mol. The number of likely N-dealkylation sites (tertiary alicyclic amines) is 1. The zero-order valence-electron chi connectivity index (χ0n) is 14.7. The second kappa shape index (κ2) is 8.45. The molecule has 3 rings (SSSR count). The third kappa shape index (κ3) is 4.68. The van der Waals surface area contributed by atoms with Crippen molar-refractivity contribution in [2.24, 2.45) is 5.92 Å². The van der Waals surface area contributed by atoms with Crippen LogP contribution in [0.25, 0.3) is 0 Å². The van der Waals surface area contributed by atoms with E-state index in [1.165, 1.54) is 32.7 Å². The highest BCUT2D eigenvalue weighted by molar-refractivity contribution is 5.76. The Labute approximate surface area is 140 Å². The second-order valence-corrected chi connectivity index (χ2v) is 7.37. The van der Waals surface area contributed by atoms with Crippen LogP contribution in [0.15, 0.2) is 0 Å². The number of rotatable bonds is 4. The van der Waals surface area contributed by atoms with Crippen LogP contribution < -0.4 is 0 Å². The van der Waals surface area contributed by atoms with E-state index in [0.29, 0.717) is 24.3 Å². The van der Waals surface area contributed by atoms with Gasteiger partial charge in [0, 0.05) is 64.9 Å². The van der Waals surface area contributed by atoms with Crippen molar-refractivity contribution in [3.63, 3.8) is 0 Å². The Morgan fingerprint density at radius 2 is 1.78 bits per heavy atom. The molecule has 0 aliphatic carbocycles. The lowest BCUT2D eigenvalue weighted by Crippen LogP contribution is -2.53. The monoisotopic (exact) mass is 323 g/mol. The van der Waals surface area contributed by atoms with Gasteiger partial charge in [-0.15, -0.1) is 0 Å². The maximum absolute atomic E-state index is 12.5. The van der Waals surface area contributed by atoms with Crippen LogP contribution in [0.2, 0.25) is 0 Å². The molecule has 1 atom stereocenters. The first-order chi connectivity index (χ1) is 11.3. The smallest absolute Gasteiger partial charge is 0.222 e. The highest BCUT2D eigenvalue weighted by Crippen LogP contribution is 2.22. The van der Waals surface area contributed by atoms with Crippen molar-refractivity contribution in [1.29, 1.82) is 0 Å². The topological polar surface area (TPSA) is 36.0 Å². The third-order valence-electron chi connectivity index (χ3n) is 5.91. The summed E-state index contributed by atoms with van der Waals surface area (Å²) in [4.78, 5) is 19.8. The van der Waals surface area contributed by atoms with Crippen molar-refractivity contribution in [2.45, 2.75) is 45.1 Å². The number of piperidine rings is 1. The first-order valence-electron chi connectivity index (χ1n) is 9.58. The SMILES string of the molecule is CCN1CCN(C2CCN(C(=O)C[C@@H]3CCCOC3)CC2)CC1. The molecule has 0 bridgehead atoms. The Morgan fingerprint density at radius 1 is 1.04 bits per heavy atom. The lowest BCUT2D eigenvalue weighted by molar-refractivity contribution is -0.135. The van der Waals surface area contributed by atoms with Crippen molar-refractivity contribution in [1.82, 2.24) is 14.7 Å². The quantitative estimate of drug-likeness (QED) is 0.784. The van der Waals surface area contributed by atoms with Crippen molar-refractivity contribution in [2.75, 3.05) is 59.0 Å². The summed E-state index contributed by atoms with van der Waals surface area (Å²) in [6.45, 7) is 11.8. The first-order valence-corrected chi connectivity index (χ1v) is 9.58. The van der Waals surface area contributed by atoms with E-state index in [1.807, 2.05) is 0 Å². The predicted molar refractivity (Wildman–Crippen MR) is 91.4 cm³/mol. The normalized spacial score (nSPS) is 28.9. The van der Waals surface area contributed by atoms with Gasteiger partial charge in [0.15, 0.2) is 0 Å². The van der Waals surface area contributed by atoms with Gasteiger partial charge in [-0.2, -0.15) is 0 Å². The Morgan fingerprint density at radius 3 is 2.39 bits per heavy atom. The highest BCUT2D eigenvalue weighted by atomic mass is 16.5. The maximum Gasteiger partial charge on any atom is 0.222 e. The molecule has 0 aromatic carbocycles. The van der Waals surface area contributed by atoms with Crippen LogP contribution in [-0.2, 0) is 9.53 Å². The third-order valence-corrected chi connectivity index (χ3v) is 5.91. The fourth-order valence-corrected chi connectivity index (χ4v) is 4.27. The van der Waals surface area contributed by atoms with E-state index in [4.69, 9.17) is 4.74 Å². The average molecular weight is 323 g/mol. The molecule has 23 heavy (non-hydrogen) atoms. The molecule has 3 saturated heterocycles. The van der Waals surface area contributed by atoms with Gasteiger partial charge in [0.1, 0.15) is 0 Å². The van der Waals surface area contributed by atoms with Crippen LogP contribution in [-0.4, -0.2) is 85.7 Å². The predicted octanol–water partition coefficient (Wildman–Crippen LogP) is 1.43. The summed E-state index contributed by atoms with van der Waals surface area (Å²) >= 11 is 0. The van der Waals surface area contributed by atoms with Gasteiger partial charge in [0.05, 0.1) is 0 Å². The summed E-state index contributed by atoms with van der Waals surface area (Å²) in [6.07, 6.45) is 5.27. The van der Waals surface area contributed by atoms with E-state index in [9.17, 15) is 4.79 Å². The molecule has 132 valence electrons. The van der Waals surface area contributed by atoms with E-state index in [1.54, 1.807) is 0 Å². The van der Waals surface area contributed by atoms with Gasteiger partial charge in [-0.3, -0.25) is 9.69 Å². The minimum absolute atomic E-state index is 0.356. The number of carbonyl (C=O) groups excluding carboxylic acids is 1. The lowest BCUT2D eigenvalue weighted by atomic mass is 9.96. The van der Waals surface area contributed by atoms with Gasteiger partial charge in [-0.25, -0.2) is 0 Å². The maximum atomic E-state index is 12.5. The number of amides is 1. The Hall–Kier alpha value is -0.650. The van der Waals surface area contributed by atoms with Gasteiger partial charge in [0.2, 0.25) is 5.91 Å². The summed E-state index contributed by atoms with van der Waals surface area (Å²) in [6, 6.07) is 0.691. The molecule has 0 spiro atoms. The molecule has 0 saturated carbocycles. The summed E-state index contributed by atoms with van der Waals surface area (Å²) in [5.41, 5.74) is 0. The number of hydrogen-bond acceptors (Lipinski definition) is 4. The molecular formula is C18H33N3O2. The van der Waals surface area contributed by atoms with Crippen molar-refractivity contribution in [3.8, 4) is 0 Å². The van der Waals surface area contributed by atoms with Crippen LogP contribution in [0.5, 0.6) is 0 Å². The number of ether oxygens (including phenoxy) is 1. The largest absolute Gasteiger partial charge is 0.381 e. The van der Waals surface area contributed by atoms with Crippen LogP contribution in [0.3, 0.4) is 0 Å². The van der Waals surface area contributed by atoms with E-state index < -0.39 is 0 Å². The molecule has 5 heteroatoms. The van der Waals surface area contributed by atoms with Crippen LogP contribution >= 0.6 is 0 Å². The molecule has 3 heterocycles. The minimum Gasteiger partial charge on any atom is -0.381 e. The van der Waals surface area contributed by atoms with Crippen LogP contribution in [0.1, 0.15) is 39.0 Å². The minimum atomic E-state index is 0.356.